The Bertz CT molecular complexity index is 1150. The molecule has 1 atom stereocenters. The highest BCUT2D eigenvalue weighted by Gasteiger charge is 2.32. The number of nitrogens with zero attached hydrogens (tertiary/aromatic N) is 2. The maximum atomic E-state index is 13.0. The monoisotopic (exact) mass is 459 g/mol. The van der Waals surface area contributed by atoms with Crippen molar-refractivity contribution in [1.29, 1.82) is 0 Å². The number of hydrogen-bond donors (Lipinski definition) is 1. The number of amides is 1. The zero-order valence-corrected chi connectivity index (χ0v) is 19.7. The van der Waals surface area contributed by atoms with Gasteiger partial charge < -0.3 is 9.50 Å². The van der Waals surface area contributed by atoms with Crippen LogP contribution in [0.15, 0.2) is 51.5 Å². The number of rotatable bonds is 6. The van der Waals surface area contributed by atoms with Gasteiger partial charge in [-0.15, -0.1) is 5.10 Å². The van der Waals surface area contributed by atoms with Crippen LogP contribution in [0, 0.1) is 26.7 Å². The molecule has 1 N–H and O–H groups in total. The van der Waals surface area contributed by atoms with E-state index in [2.05, 4.69) is 15.5 Å². The molecule has 2 aromatic carbocycles. The van der Waals surface area contributed by atoms with E-state index in [1.807, 2.05) is 32.9 Å². The van der Waals surface area contributed by atoms with Gasteiger partial charge in [0, 0.05) is 5.56 Å². The first-order valence-corrected chi connectivity index (χ1v) is 12.1. The fraction of sp³-hybridized carbons (Fsp3) is 0.318. The van der Waals surface area contributed by atoms with Crippen molar-refractivity contribution in [3.63, 3.8) is 0 Å². The molecule has 1 unspecified atom stereocenters. The molecule has 1 amide bonds. The van der Waals surface area contributed by atoms with Gasteiger partial charge >= 0.3 is 10.1 Å². The van der Waals surface area contributed by atoms with Gasteiger partial charge in [0.05, 0.1) is 11.5 Å². The van der Waals surface area contributed by atoms with Crippen LogP contribution < -0.4 is 9.50 Å². The fourth-order valence-electron chi connectivity index (χ4n) is 3.39. The second kappa shape index (κ2) is 9.23. The number of benzene rings is 2. The van der Waals surface area contributed by atoms with Crippen LogP contribution in [0.4, 0.5) is 0 Å². The van der Waals surface area contributed by atoms with E-state index in [1.54, 1.807) is 38.1 Å². The lowest BCUT2D eigenvalue weighted by Crippen LogP contribution is -2.27. The molecule has 0 radical (unpaired) electrons. The van der Waals surface area contributed by atoms with Gasteiger partial charge in [-0.05, 0) is 49.9 Å². The number of thioether (sulfide) groups is 1. The Morgan fingerprint density at radius 2 is 1.77 bits per heavy atom. The van der Waals surface area contributed by atoms with E-state index >= 15 is 0 Å². The van der Waals surface area contributed by atoms with Crippen LogP contribution in [0.25, 0.3) is 0 Å². The van der Waals surface area contributed by atoms with Crippen LogP contribution in [-0.4, -0.2) is 31.0 Å². The van der Waals surface area contributed by atoms with E-state index in [-0.39, 0.29) is 27.7 Å². The molecule has 9 heteroatoms. The SMILES string of the molecule is Cc1cc(C)c(S(=O)(=O)Oc2ccccc2C=NN=C2NC(=O)C(C(C)C)S2)c(C)c1. The summed E-state index contributed by atoms with van der Waals surface area (Å²) in [5, 5.41) is 11.0. The van der Waals surface area contributed by atoms with E-state index in [0.717, 1.165) is 5.56 Å². The maximum Gasteiger partial charge on any atom is 0.339 e. The molecule has 7 nitrogen and oxygen atoms in total. The average Bonchev–Trinajstić information content (AvgIpc) is 3.02. The minimum absolute atomic E-state index is 0.0902. The number of aryl methyl sites for hydroxylation is 3. The Kier molecular flexibility index (Phi) is 6.86. The van der Waals surface area contributed by atoms with E-state index in [0.29, 0.717) is 21.9 Å². The highest BCUT2D eigenvalue weighted by atomic mass is 32.2. The number of para-hydroxylation sites is 1. The second-order valence-electron chi connectivity index (χ2n) is 7.72. The lowest BCUT2D eigenvalue weighted by Gasteiger charge is -2.14. The highest BCUT2D eigenvalue weighted by molar-refractivity contribution is 8.15. The third-order valence-corrected chi connectivity index (χ3v) is 7.61. The summed E-state index contributed by atoms with van der Waals surface area (Å²) in [7, 11) is -4.04. The van der Waals surface area contributed by atoms with Crippen molar-refractivity contribution in [2.75, 3.05) is 0 Å². The Morgan fingerprint density at radius 3 is 2.39 bits per heavy atom. The predicted octanol–water partition coefficient (Wildman–Crippen LogP) is 3.96. The van der Waals surface area contributed by atoms with Crippen molar-refractivity contribution in [2.24, 2.45) is 16.1 Å². The number of nitrogens with one attached hydrogen (secondary N) is 1. The number of carbonyl (C=O) groups excluding carboxylic acids is 1. The van der Waals surface area contributed by atoms with Crippen molar-refractivity contribution >= 4 is 39.2 Å². The molecule has 164 valence electrons. The molecular formula is C22H25N3O4S2. The molecule has 0 saturated carbocycles. The van der Waals surface area contributed by atoms with Crippen LogP contribution in [0.1, 0.15) is 36.1 Å². The molecule has 1 heterocycles. The molecular weight excluding hydrogens is 434 g/mol. The smallest absolute Gasteiger partial charge is 0.339 e. The van der Waals surface area contributed by atoms with Crippen LogP contribution in [0.5, 0.6) is 5.75 Å². The lowest BCUT2D eigenvalue weighted by atomic mass is 10.1. The van der Waals surface area contributed by atoms with Gasteiger partial charge in [-0.3, -0.25) is 4.79 Å². The first-order chi connectivity index (χ1) is 14.6. The van der Waals surface area contributed by atoms with Crippen molar-refractivity contribution < 1.29 is 17.4 Å². The zero-order chi connectivity index (χ0) is 22.8. The topological polar surface area (TPSA) is 97.2 Å². The minimum Gasteiger partial charge on any atom is -0.378 e. The number of carbonyl (C=O) groups is 1. The molecule has 0 spiro atoms. The normalized spacial score (nSPS) is 18.2. The van der Waals surface area contributed by atoms with E-state index in [1.165, 1.54) is 18.0 Å². The quantitative estimate of drug-likeness (QED) is 0.401. The van der Waals surface area contributed by atoms with Crippen molar-refractivity contribution in [3.8, 4) is 5.75 Å². The summed E-state index contributed by atoms with van der Waals surface area (Å²) in [6.07, 6.45) is 1.40. The van der Waals surface area contributed by atoms with E-state index in [4.69, 9.17) is 4.18 Å². The molecule has 3 rings (SSSR count). The van der Waals surface area contributed by atoms with Gasteiger partial charge in [0.15, 0.2) is 10.9 Å². The van der Waals surface area contributed by atoms with Gasteiger partial charge in [0.1, 0.15) is 4.90 Å². The predicted molar refractivity (Wildman–Crippen MR) is 124 cm³/mol. The highest BCUT2D eigenvalue weighted by Crippen LogP contribution is 2.28. The molecule has 1 aliphatic rings. The lowest BCUT2D eigenvalue weighted by molar-refractivity contribution is -0.119. The third kappa shape index (κ3) is 5.34. The summed E-state index contributed by atoms with van der Waals surface area (Å²) in [6.45, 7) is 9.35. The van der Waals surface area contributed by atoms with Crippen LogP contribution in [-0.2, 0) is 14.9 Å². The molecule has 1 fully saturated rings. The van der Waals surface area contributed by atoms with Crippen LogP contribution in [0.3, 0.4) is 0 Å². The van der Waals surface area contributed by atoms with Crippen molar-refractivity contribution in [2.45, 2.75) is 44.8 Å². The number of hydrogen-bond acceptors (Lipinski definition) is 7. The van der Waals surface area contributed by atoms with Crippen LogP contribution in [0.2, 0.25) is 0 Å². The Morgan fingerprint density at radius 1 is 1.13 bits per heavy atom. The van der Waals surface area contributed by atoms with E-state index < -0.39 is 10.1 Å². The Balaban J connectivity index is 1.84. The maximum absolute atomic E-state index is 13.0. The van der Waals surface area contributed by atoms with Gasteiger partial charge in [0.2, 0.25) is 5.91 Å². The number of amidine groups is 1. The summed E-state index contributed by atoms with van der Waals surface area (Å²) < 4.78 is 31.4. The summed E-state index contributed by atoms with van der Waals surface area (Å²) in [5.41, 5.74) is 2.69. The first kappa shape index (κ1) is 23.0. The van der Waals surface area contributed by atoms with Gasteiger partial charge in [0.25, 0.3) is 0 Å². The first-order valence-electron chi connectivity index (χ1n) is 9.78. The molecule has 2 aromatic rings. The standard InChI is InChI=1S/C22H25N3O4S2/c1-13(2)19-21(26)24-22(30-19)25-23-12-17-8-6-7-9-18(17)29-31(27,28)20-15(4)10-14(3)11-16(20)5/h6-13,19H,1-5H3,(H,24,25,26). The molecule has 0 aliphatic carbocycles. The summed E-state index contributed by atoms with van der Waals surface area (Å²) in [4.78, 5) is 12.1. The Labute approximate surface area is 187 Å². The van der Waals surface area contributed by atoms with Gasteiger partial charge in [-0.2, -0.15) is 13.5 Å². The van der Waals surface area contributed by atoms with Crippen molar-refractivity contribution in [1.82, 2.24) is 5.32 Å². The van der Waals surface area contributed by atoms with E-state index in [9.17, 15) is 13.2 Å². The molecule has 1 aliphatic heterocycles. The second-order valence-corrected chi connectivity index (χ2v) is 10.3. The van der Waals surface area contributed by atoms with Gasteiger partial charge in [-0.1, -0.05) is 55.4 Å². The largest absolute Gasteiger partial charge is 0.378 e. The fourth-order valence-corrected chi connectivity index (χ4v) is 5.71. The molecule has 1 saturated heterocycles. The summed E-state index contributed by atoms with van der Waals surface area (Å²) in [6, 6.07) is 10.3. The minimum atomic E-state index is -4.04. The Hall–Kier alpha value is -2.65. The molecule has 0 aromatic heterocycles. The summed E-state index contributed by atoms with van der Waals surface area (Å²) >= 11 is 1.33. The molecule has 31 heavy (non-hydrogen) atoms. The van der Waals surface area contributed by atoms with Crippen LogP contribution >= 0.6 is 11.8 Å². The summed E-state index contributed by atoms with van der Waals surface area (Å²) in [5.74, 6) is 0.233. The molecule has 0 bridgehead atoms. The average molecular weight is 460 g/mol. The third-order valence-electron chi connectivity index (χ3n) is 4.65. The van der Waals surface area contributed by atoms with Crippen molar-refractivity contribution in [3.05, 3.63) is 58.7 Å². The van der Waals surface area contributed by atoms with Gasteiger partial charge in [-0.25, -0.2) is 0 Å². The zero-order valence-electron chi connectivity index (χ0n) is 18.0.